The number of oxazole rings is 1. The minimum atomic E-state index is -0.216. The van der Waals surface area contributed by atoms with Crippen molar-refractivity contribution in [2.75, 3.05) is 6.54 Å². The minimum absolute atomic E-state index is 0.169. The van der Waals surface area contributed by atoms with Gasteiger partial charge in [0.05, 0.1) is 11.7 Å². The standard InChI is InChI=1S/C22H24N4O3/c1-13-8-5-6-10-18(13)29-19-12-14(2)23-21(25-19)17-9-7-11-26(17)22(27)20-15(3)24-16(4)28-20/h5-6,8,10,12,17H,7,9,11H2,1-4H3/t17-/m0/s1. The van der Waals surface area contributed by atoms with Crippen LogP contribution in [-0.4, -0.2) is 32.3 Å². The van der Waals surface area contributed by atoms with Crippen LogP contribution < -0.4 is 4.74 Å². The zero-order chi connectivity index (χ0) is 20.5. The summed E-state index contributed by atoms with van der Waals surface area (Å²) < 4.78 is 11.6. The Bertz CT molecular complexity index is 1060. The van der Waals surface area contributed by atoms with Gasteiger partial charge in [0.15, 0.2) is 11.7 Å². The minimum Gasteiger partial charge on any atom is -0.439 e. The Morgan fingerprint density at radius 1 is 1.14 bits per heavy atom. The quantitative estimate of drug-likeness (QED) is 0.652. The van der Waals surface area contributed by atoms with Gasteiger partial charge in [-0.15, -0.1) is 0 Å². The molecule has 150 valence electrons. The number of benzene rings is 1. The molecule has 0 N–H and O–H groups in total. The van der Waals surface area contributed by atoms with Crippen LogP contribution >= 0.6 is 0 Å². The maximum absolute atomic E-state index is 13.1. The lowest BCUT2D eigenvalue weighted by atomic mass is 10.2. The highest BCUT2D eigenvalue weighted by atomic mass is 16.5. The zero-order valence-electron chi connectivity index (χ0n) is 17.1. The van der Waals surface area contributed by atoms with E-state index in [2.05, 4.69) is 15.0 Å². The number of hydrogen-bond donors (Lipinski definition) is 0. The molecule has 1 atom stereocenters. The van der Waals surface area contributed by atoms with Gasteiger partial charge in [0.25, 0.3) is 5.91 Å². The van der Waals surface area contributed by atoms with Gasteiger partial charge < -0.3 is 14.1 Å². The molecule has 3 aromatic rings. The lowest BCUT2D eigenvalue weighted by Gasteiger charge is -2.23. The summed E-state index contributed by atoms with van der Waals surface area (Å²) in [6, 6.07) is 9.38. The van der Waals surface area contributed by atoms with Crippen LogP contribution in [0.5, 0.6) is 11.6 Å². The summed E-state index contributed by atoms with van der Waals surface area (Å²) in [7, 11) is 0. The molecule has 0 unspecified atom stereocenters. The van der Waals surface area contributed by atoms with E-state index in [9.17, 15) is 4.79 Å². The summed E-state index contributed by atoms with van der Waals surface area (Å²) >= 11 is 0. The molecule has 1 aliphatic rings. The highest BCUT2D eigenvalue weighted by Gasteiger charge is 2.35. The Labute approximate surface area is 169 Å². The van der Waals surface area contributed by atoms with Gasteiger partial charge in [-0.1, -0.05) is 18.2 Å². The lowest BCUT2D eigenvalue weighted by Crippen LogP contribution is -2.31. The Kier molecular flexibility index (Phi) is 5.05. The molecule has 0 bridgehead atoms. The van der Waals surface area contributed by atoms with E-state index < -0.39 is 0 Å². The van der Waals surface area contributed by atoms with E-state index in [4.69, 9.17) is 9.15 Å². The fraction of sp³-hybridized carbons (Fsp3) is 0.364. The van der Waals surface area contributed by atoms with Crippen LogP contribution in [0.25, 0.3) is 0 Å². The van der Waals surface area contributed by atoms with E-state index in [0.29, 0.717) is 35.6 Å². The van der Waals surface area contributed by atoms with Gasteiger partial charge >= 0.3 is 0 Å². The fourth-order valence-corrected chi connectivity index (χ4v) is 3.69. The van der Waals surface area contributed by atoms with Crippen LogP contribution in [0.2, 0.25) is 0 Å². The number of aryl methyl sites for hydroxylation is 4. The molecular weight excluding hydrogens is 368 g/mol. The predicted molar refractivity (Wildman–Crippen MR) is 107 cm³/mol. The van der Waals surface area contributed by atoms with Crippen molar-refractivity contribution >= 4 is 5.91 Å². The van der Waals surface area contributed by atoms with Crippen LogP contribution in [0.4, 0.5) is 0 Å². The van der Waals surface area contributed by atoms with Crippen molar-refractivity contribution < 1.29 is 13.9 Å². The summed E-state index contributed by atoms with van der Waals surface area (Å²) in [6.45, 7) is 8.05. The first-order chi connectivity index (χ1) is 13.9. The van der Waals surface area contributed by atoms with Gasteiger partial charge in [-0.3, -0.25) is 4.79 Å². The van der Waals surface area contributed by atoms with Crippen LogP contribution in [-0.2, 0) is 0 Å². The van der Waals surface area contributed by atoms with Crippen molar-refractivity contribution in [3.63, 3.8) is 0 Å². The van der Waals surface area contributed by atoms with Crippen molar-refractivity contribution in [1.82, 2.24) is 19.9 Å². The number of amides is 1. The Balaban J connectivity index is 1.63. The summed E-state index contributed by atoms with van der Waals surface area (Å²) in [4.78, 5) is 28.3. The number of likely N-dealkylation sites (tertiary alicyclic amines) is 1. The van der Waals surface area contributed by atoms with Crippen LogP contribution in [0.3, 0.4) is 0 Å². The molecule has 0 aliphatic carbocycles. The highest BCUT2D eigenvalue weighted by Crippen LogP contribution is 2.33. The number of hydrogen-bond acceptors (Lipinski definition) is 6. The summed E-state index contributed by atoms with van der Waals surface area (Å²) in [6.07, 6.45) is 1.68. The van der Waals surface area contributed by atoms with Gasteiger partial charge in [-0.25, -0.2) is 9.97 Å². The van der Waals surface area contributed by atoms with Crippen molar-refractivity contribution in [3.8, 4) is 11.6 Å². The van der Waals surface area contributed by atoms with E-state index in [-0.39, 0.29) is 11.9 Å². The predicted octanol–water partition coefficient (Wildman–Crippen LogP) is 4.47. The number of carbonyl (C=O) groups excluding carboxylic acids is 1. The third-order valence-corrected chi connectivity index (χ3v) is 5.07. The van der Waals surface area contributed by atoms with E-state index in [1.54, 1.807) is 24.8 Å². The second kappa shape index (κ2) is 7.66. The Morgan fingerprint density at radius 2 is 1.93 bits per heavy atom. The third-order valence-electron chi connectivity index (χ3n) is 5.07. The molecule has 1 amide bonds. The molecule has 0 saturated carbocycles. The smallest absolute Gasteiger partial charge is 0.292 e. The second-order valence-electron chi connectivity index (χ2n) is 7.38. The van der Waals surface area contributed by atoms with Crippen molar-refractivity contribution in [3.05, 3.63) is 64.8 Å². The number of ether oxygens (including phenoxy) is 1. The first-order valence-electron chi connectivity index (χ1n) is 9.76. The van der Waals surface area contributed by atoms with E-state index in [1.807, 2.05) is 38.1 Å². The molecule has 7 nitrogen and oxygen atoms in total. The molecule has 1 aromatic carbocycles. The van der Waals surface area contributed by atoms with Crippen LogP contribution in [0.15, 0.2) is 34.7 Å². The molecule has 1 saturated heterocycles. The maximum atomic E-state index is 13.1. The first kappa shape index (κ1) is 19.1. The molecule has 3 heterocycles. The fourth-order valence-electron chi connectivity index (χ4n) is 3.69. The number of carbonyl (C=O) groups is 1. The molecule has 7 heteroatoms. The third kappa shape index (κ3) is 3.85. The normalized spacial score (nSPS) is 16.3. The average Bonchev–Trinajstić information content (AvgIpc) is 3.29. The SMILES string of the molecule is Cc1cc(Oc2ccccc2C)nc([C@@H]2CCCN2C(=O)c2oc(C)nc2C)n1. The van der Waals surface area contributed by atoms with Gasteiger partial charge in [0.1, 0.15) is 5.75 Å². The monoisotopic (exact) mass is 392 g/mol. The molecular formula is C22H24N4O3. The van der Waals surface area contributed by atoms with Gasteiger partial charge in [0.2, 0.25) is 11.6 Å². The second-order valence-corrected chi connectivity index (χ2v) is 7.38. The Hall–Kier alpha value is -3.22. The van der Waals surface area contributed by atoms with Gasteiger partial charge in [0, 0.05) is 25.2 Å². The van der Waals surface area contributed by atoms with Gasteiger partial charge in [-0.2, -0.15) is 4.98 Å². The van der Waals surface area contributed by atoms with E-state index in [1.165, 1.54) is 0 Å². The summed E-state index contributed by atoms with van der Waals surface area (Å²) in [5, 5.41) is 0. The maximum Gasteiger partial charge on any atom is 0.292 e. The number of aromatic nitrogens is 3. The van der Waals surface area contributed by atoms with E-state index in [0.717, 1.165) is 29.8 Å². The van der Waals surface area contributed by atoms with Crippen LogP contribution in [0.1, 0.15) is 58.1 Å². The molecule has 2 aromatic heterocycles. The topological polar surface area (TPSA) is 81.4 Å². The van der Waals surface area contributed by atoms with Crippen LogP contribution in [0, 0.1) is 27.7 Å². The van der Waals surface area contributed by atoms with Crippen molar-refractivity contribution in [1.29, 1.82) is 0 Å². The average molecular weight is 392 g/mol. The Morgan fingerprint density at radius 3 is 2.66 bits per heavy atom. The molecule has 29 heavy (non-hydrogen) atoms. The van der Waals surface area contributed by atoms with Crippen molar-refractivity contribution in [2.45, 2.75) is 46.6 Å². The number of nitrogens with zero attached hydrogens (tertiary/aromatic N) is 4. The largest absolute Gasteiger partial charge is 0.439 e. The number of para-hydroxylation sites is 1. The molecule has 1 aliphatic heterocycles. The zero-order valence-corrected chi connectivity index (χ0v) is 17.1. The first-order valence-corrected chi connectivity index (χ1v) is 9.76. The van der Waals surface area contributed by atoms with Gasteiger partial charge in [-0.05, 0) is 45.2 Å². The van der Waals surface area contributed by atoms with Crippen molar-refractivity contribution in [2.24, 2.45) is 0 Å². The highest BCUT2D eigenvalue weighted by molar-refractivity contribution is 5.92. The number of rotatable bonds is 4. The molecule has 1 fully saturated rings. The molecule has 4 rings (SSSR count). The summed E-state index contributed by atoms with van der Waals surface area (Å²) in [5.41, 5.74) is 2.43. The van der Waals surface area contributed by atoms with E-state index >= 15 is 0 Å². The lowest BCUT2D eigenvalue weighted by molar-refractivity contribution is 0.0694. The molecule has 0 radical (unpaired) electrons. The molecule has 0 spiro atoms. The summed E-state index contributed by atoms with van der Waals surface area (Å²) in [5.74, 6) is 2.43.